The van der Waals surface area contributed by atoms with Gasteiger partial charge in [0.15, 0.2) is 5.78 Å². The van der Waals surface area contributed by atoms with Gasteiger partial charge in [0.2, 0.25) is 0 Å². The summed E-state index contributed by atoms with van der Waals surface area (Å²) >= 11 is 0. The smallest absolute Gasteiger partial charge is 0.289 e. The normalized spacial score (nSPS) is 11.1. The minimum absolute atomic E-state index is 0.219. The van der Waals surface area contributed by atoms with Crippen molar-refractivity contribution in [1.82, 2.24) is 0 Å². The number of hydrogen-bond acceptors (Lipinski definition) is 1. The molecule has 4 aromatic carbocycles. The van der Waals surface area contributed by atoms with Gasteiger partial charge in [0, 0.05) is 33.4 Å². The van der Waals surface area contributed by atoms with Gasteiger partial charge in [0.25, 0.3) is 0 Å². The maximum absolute atomic E-state index is 12.9. The van der Waals surface area contributed by atoms with Crippen molar-refractivity contribution in [3.63, 3.8) is 0 Å². The fourth-order valence-corrected chi connectivity index (χ4v) is 3.41. The van der Waals surface area contributed by atoms with Crippen molar-refractivity contribution in [3.05, 3.63) is 142 Å². The highest BCUT2D eigenvalue weighted by molar-refractivity contribution is 6.09. The summed E-state index contributed by atoms with van der Waals surface area (Å²) in [5, 5.41) is 0. The lowest BCUT2D eigenvalue weighted by Gasteiger charge is -2.05. The van der Waals surface area contributed by atoms with Crippen LogP contribution in [0.5, 0.6) is 0 Å². The summed E-state index contributed by atoms with van der Waals surface area (Å²) in [5.41, 5.74) is 0.705. The van der Waals surface area contributed by atoms with Crippen LogP contribution in [-0.2, 0) is 12.4 Å². The number of hydrogen-bond donors (Lipinski definition) is 0. The molecule has 0 amide bonds. The highest BCUT2D eigenvalue weighted by Gasteiger charge is 2.30. The van der Waals surface area contributed by atoms with E-state index in [2.05, 4.69) is 23.7 Å². The summed E-state index contributed by atoms with van der Waals surface area (Å²) < 4.78 is 77.1. The van der Waals surface area contributed by atoms with Crippen molar-refractivity contribution < 1.29 is 31.1 Å². The van der Waals surface area contributed by atoms with Crippen molar-refractivity contribution in [2.75, 3.05) is 0 Å². The van der Waals surface area contributed by atoms with Crippen LogP contribution in [0.2, 0.25) is 0 Å². The van der Waals surface area contributed by atoms with E-state index in [1.165, 1.54) is 24.3 Å². The van der Waals surface area contributed by atoms with Crippen molar-refractivity contribution in [2.24, 2.45) is 0 Å². The average Bonchev–Trinajstić information content (AvgIpc) is 2.90. The third kappa shape index (κ3) is 6.72. The van der Waals surface area contributed by atoms with Crippen LogP contribution in [0.4, 0.5) is 26.3 Å². The van der Waals surface area contributed by atoms with Crippen LogP contribution in [-0.4, -0.2) is 5.78 Å². The second-order valence-electron chi connectivity index (χ2n) is 8.14. The highest BCUT2D eigenvalue weighted by Crippen LogP contribution is 2.30. The molecule has 0 fully saturated rings. The van der Waals surface area contributed by atoms with E-state index in [4.69, 9.17) is 0 Å². The van der Waals surface area contributed by atoms with E-state index in [1.807, 2.05) is 0 Å². The van der Waals surface area contributed by atoms with Crippen molar-refractivity contribution >= 4 is 5.78 Å². The van der Waals surface area contributed by atoms with Crippen LogP contribution in [0.3, 0.4) is 0 Å². The SMILES string of the molecule is O=C(c1ccc(C#Cc2cccc(C(F)(F)F)c2)cc1)c1ccc(C#Cc2cccc(C(F)(F)F)c2)cc1. The second-order valence-corrected chi connectivity index (χ2v) is 8.14. The fraction of sp³-hybridized carbons (Fsp3) is 0.0645. The van der Waals surface area contributed by atoms with E-state index in [0.29, 0.717) is 22.3 Å². The Morgan fingerprint density at radius 2 is 0.816 bits per heavy atom. The molecule has 0 unspecified atom stereocenters. The van der Waals surface area contributed by atoms with Gasteiger partial charge < -0.3 is 0 Å². The Bertz CT molecular complexity index is 1470. The predicted molar refractivity (Wildman–Crippen MR) is 131 cm³/mol. The van der Waals surface area contributed by atoms with Gasteiger partial charge in [-0.15, -0.1) is 0 Å². The number of alkyl halides is 6. The number of ketones is 1. The average molecular weight is 518 g/mol. The number of benzene rings is 4. The van der Waals surface area contributed by atoms with E-state index in [0.717, 1.165) is 24.3 Å². The molecule has 4 rings (SSSR count). The van der Waals surface area contributed by atoms with Crippen LogP contribution in [0, 0.1) is 23.7 Å². The molecule has 0 atom stereocenters. The first kappa shape index (κ1) is 26.3. The van der Waals surface area contributed by atoms with Gasteiger partial charge in [-0.2, -0.15) is 26.3 Å². The molecular weight excluding hydrogens is 502 g/mol. The fourth-order valence-electron chi connectivity index (χ4n) is 3.41. The molecule has 0 heterocycles. The molecule has 188 valence electrons. The zero-order valence-corrected chi connectivity index (χ0v) is 19.4. The third-order valence-corrected chi connectivity index (χ3v) is 5.38. The molecule has 0 aliphatic rings. The quantitative estimate of drug-likeness (QED) is 0.151. The standard InChI is InChI=1S/C31H16F6O/c32-30(33,34)27-5-1-3-23(19-27)9-7-21-11-15-25(16-12-21)29(38)26-17-13-22(14-18-26)8-10-24-4-2-6-28(20-24)31(35,36)37/h1-6,11-20H. The van der Waals surface area contributed by atoms with Crippen molar-refractivity contribution in [2.45, 2.75) is 12.4 Å². The van der Waals surface area contributed by atoms with Gasteiger partial charge in [-0.05, 0) is 84.9 Å². The third-order valence-electron chi connectivity index (χ3n) is 5.38. The molecule has 4 aromatic rings. The van der Waals surface area contributed by atoms with Gasteiger partial charge >= 0.3 is 12.4 Å². The maximum Gasteiger partial charge on any atom is 0.416 e. The molecule has 0 spiro atoms. The Kier molecular flexibility index (Phi) is 7.41. The molecule has 0 aromatic heterocycles. The Labute approximate surface area is 214 Å². The Morgan fingerprint density at radius 1 is 0.474 bits per heavy atom. The Morgan fingerprint density at radius 3 is 1.16 bits per heavy atom. The topological polar surface area (TPSA) is 17.1 Å². The molecule has 0 saturated heterocycles. The first-order chi connectivity index (χ1) is 18.0. The second kappa shape index (κ2) is 10.7. The lowest BCUT2D eigenvalue weighted by atomic mass is 10.0. The summed E-state index contributed by atoms with van der Waals surface area (Å²) in [7, 11) is 0. The van der Waals surface area contributed by atoms with Gasteiger partial charge in [0.1, 0.15) is 0 Å². The molecule has 1 nitrogen and oxygen atoms in total. The van der Waals surface area contributed by atoms with E-state index in [9.17, 15) is 31.1 Å². The molecule has 0 aliphatic carbocycles. The van der Waals surface area contributed by atoms with Gasteiger partial charge in [0.05, 0.1) is 11.1 Å². The molecule has 0 radical (unpaired) electrons. The summed E-state index contributed by atoms with van der Waals surface area (Å²) in [5.74, 6) is 10.7. The summed E-state index contributed by atoms with van der Waals surface area (Å²) in [6.45, 7) is 0. The van der Waals surface area contributed by atoms with E-state index in [-0.39, 0.29) is 16.9 Å². The molecule has 38 heavy (non-hydrogen) atoms. The monoisotopic (exact) mass is 518 g/mol. The minimum atomic E-state index is -4.45. The number of carbonyl (C=O) groups is 1. The molecule has 0 saturated carbocycles. The van der Waals surface area contributed by atoms with E-state index in [1.54, 1.807) is 48.5 Å². The largest absolute Gasteiger partial charge is 0.416 e. The van der Waals surface area contributed by atoms with Crippen molar-refractivity contribution in [3.8, 4) is 23.7 Å². The van der Waals surface area contributed by atoms with E-state index >= 15 is 0 Å². The molecule has 0 bridgehead atoms. The number of carbonyl (C=O) groups excluding carboxylic acids is 1. The Hall–Kier alpha value is -4.75. The zero-order valence-electron chi connectivity index (χ0n) is 19.4. The zero-order chi connectivity index (χ0) is 27.3. The lowest BCUT2D eigenvalue weighted by molar-refractivity contribution is -0.138. The highest BCUT2D eigenvalue weighted by atomic mass is 19.4. The van der Waals surface area contributed by atoms with Gasteiger partial charge in [-0.3, -0.25) is 4.79 Å². The minimum Gasteiger partial charge on any atom is -0.289 e. The van der Waals surface area contributed by atoms with Crippen LogP contribution in [0.1, 0.15) is 49.3 Å². The van der Waals surface area contributed by atoms with E-state index < -0.39 is 23.5 Å². The molecule has 7 heteroatoms. The molecule has 0 aliphatic heterocycles. The van der Waals surface area contributed by atoms with Crippen LogP contribution in [0.15, 0.2) is 97.1 Å². The molecular formula is C31H16F6O. The van der Waals surface area contributed by atoms with Gasteiger partial charge in [-0.1, -0.05) is 35.8 Å². The van der Waals surface area contributed by atoms with Crippen LogP contribution < -0.4 is 0 Å². The summed E-state index contributed by atoms with van der Waals surface area (Å²) in [6.07, 6.45) is -8.90. The first-order valence-electron chi connectivity index (χ1n) is 11.1. The number of rotatable bonds is 2. The molecule has 0 N–H and O–H groups in total. The van der Waals surface area contributed by atoms with Crippen LogP contribution in [0.25, 0.3) is 0 Å². The van der Waals surface area contributed by atoms with Gasteiger partial charge in [-0.25, -0.2) is 0 Å². The van der Waals surface area contributed by atoms with Crippen LogP contribution >= 0.6 is 0 Å². The Balaban J connectivity index is 1.44. The summed E-state index contributed by atoms with van der Waals surface area (Å²) in [6, 6.07) is 22.1. The lowest BCUT2D eigenvalue weighted by Crippen LogP contribution is -2.04. The number of halogens is 6. The summed E-state index contributed by atoms with van der Waals surface area (Å²) in [4.78, 5) is 12.8. The van der Waals surface area contributed by atoms with Crippen molar-refractivity contribution in [1.29, 1.82) is 0 Å². The maximum atomic E-state index is 12.9. The first-order valence-corrected chi connectivity index (χ1v) is 11.1. The predicted octanol–water partition coefficient (Wildman–Crippen LogP) is 7.75.